The molecule has 2 aromatic rings. The van der Waals surface area contributed by atoms with Crippen LogP contribution in [0.3, 0.4) is 0 Å². The van der Waals surface area contributed by atoms with Crippen molar-refractivity contribution in [2.45, 2.75) is 13.5 Å². The second kappa shape index (κ2) is 7.52. The molecule has 2 heterocycles. The number of aryl methyl sites for hydroxylation is 1. The van der Waals surface area contributed by atoms with E-state index in [9.17, 15) is 14.9 Å². The number of nitro groups is 1. The topological polar surface area (TPSA) is 114 Å². The maximum absolute atomic E-state index is 11.5. The molecular formula is C17H21N5O5. The van der Waals surface area contributed by atoms with Gasteiger partial charge < -0.3 is 19.6 Å². The number of aromatic nitrogens is 2. The molecule has 3 rings (SSSR count). The van der Waals surface area contributed by atoms with Crippen LogP contribution in [-0.4, -0.2) is 64.1 Å². The Morgan fingerprint density at radius 2 is 2.04 bits per heavy atom. The predicted molar refractivity (Wildman–Crippen MR) is 98.4 cm³/mol. The molecule has 1 aromatic heterocycles. The van der Waals surface area contributed by atoms with Gasteiger partial charge in [-0.15, -0.1) is 0 Å². The first-order chi connectivity index (χ1) is 12.9. The SMILES string of the molecule is CCn1cc(-c2cc([N+](=O)[O-])c(OC)cc2N2CCN(C(=O)O)CC2)cn1. The van der Waals surface area contributed by atoms with Crippen molar-refractivity contribution in [2.24, 2.45) is 0 Å². The fourth-order valence-corrected chi connectivity index (χ4v) is 3.17. The van der Waals surface area contributed by atoms with Gasteiger partial charge in [0.25, 0.3) is 0 Å². The summed E-state index contributed by atoms with van der Waals surface area (Å²) in [6, 6.07) is 3.14. The molecule has 1 N–H and O–H groups in total. The molecule has 10 nitrogen and oxygen atoms in total. The number of amides is 1. The van der Waals surface area contributed by atoms with Gasteiger partial charge in [-0.05, 0) is 6.92 Å². The van der Waals surface area contributed by atoms with Crippen LogP contribution in [0.5, 0.6) is 5.75 Å². The third-order valence-corrected chi connectivity index (χ3v) is 4.65. The van der Waals surface area contributed by atoms with E-state index in [-0.39, 0.29) is 11.4 Å². The molecule has 144 valence electrons. The Bertz CT molecular complexity index is 857. The van der Waals surface area contributed by atoms with Crippen molar-refractivity contribution in [2.75, 3.05) is 38.2 Å². The summed E-state index contributed by atoms with van der Waals surface area (Å²) in [6.07, 6.45) is 2.56. The van der Waals surface area contributed by atoms with Gasteiger partial charge in [-0.2, -0.15) is 5.10 Å². The van der Waals surface area contributed by atoms with Gasteiger partial charge >= 0.3 is 11.8 Å². The first-order valence-electron chi connectivity index (χ1n) is 8.56. The average molecular weight is 375 g/mol. The molecule has 27 heavy (non-hydrogen) atoms. The van der Waals surface area contributed by atoms with Crippen molar-refractivity contribution in [1.82, 2.24) is 14.7 Å². The van der Waals surface area contributed by atoms with Gasteiger partial charge in [0.1, 0.15) is 0 Å². The normalized spacial score (nSPS) is 14.3. The van der Waals surface area contributed by atoms with E-state index in [4.69, 9.17) is 9.84 Å². The molecule has 1 saturated heterocycles. The number of rotatable bonds is 5. The molecular weight excluding hydrogens is 354 g/mol. The lowest BCUT2D eigenvalue weighted by atomic mass is 10.0. The van der Waals surface area contributed by atoms with Crippen LogP contribution in [0.1, 0.15) is 6.92 Å². The third kappa shape index (κ3) is 3.64. The van der Waals surface area contributed by atoms with Crippen molar-refractivity contribution >= 4 is 17.5 Å². The highest BCUT2D eigenvalue weighted by molar-refractivity contribution is 5.83. The first-order valence-corrected chi connectivity index (χ1v) is 8.56. The minimum absolute atomic E-state index is 0.121. The van der Waals surface area contributed by atoms with E-state index < -0.39 is 11.0 Å². The average Bonchev–Trinajstić information content (AvgIpc) is 3.16. The number of anilines is 1. The molecule has 1 aromatic carbocycles. The minimum atomic E-state index is -0.944. The number of methoxy groups -OCH3 is 1. The number of nitro benzene ring substituents is 1. The Balaban J connectivity index is 2.05. The van der Waals surface area contributed by atoms with E-state index in [0.717, 1.165) is 11.3 Å². The molecule has 1 fully saturated rings. The summed E-state index contributed by atoms with van der Waals surface area (Å²) in [5.41, 5.74) is 2.08. The maximum Gasteiger partial charge on any atom is 0.407 e. The van der Waals surface area contributed by atoms with E-state index in [0.29, 0.717) is 38.3 Å². The van der Waals surface area contributed by atoms with Crippen molar-refractivity contribution in [3.8, 4) is 16.9 Å². The van der Waals surface area contributed by atoms with Gasteiger partial charge in [0.2, 0.25) is 0 Å². The number of hydrogen-bond acceptors (Lipinski definition) is 6. The lowest BCUT2D eigenvalue weighted by Crippen LogP contribution is -2.48. The summed E-state index contributed by atoms with van der Waals surface area (Å²) in [4.78, 5) is 25.5. The zero-order valence-corrected chi connectivity index (χ0v) is 15.2. The Morgan fingerprint density at radius 3 is 2.56 bits per heavy atom. The van der Waals surface area contributed by atoms with E-state index in [1.807, 2.05) is 18.0 Å². The molecule has 0 bridgehead atoms. The summed E-state index contributed by atoms with van der Waals surface area (Å²) < 4.78 is 6.97. The van der Waals surface area contributed by atoms with E-state index in [1.165, 1.54) is 18.1 Å². The number of ether oxygens (including phenoxy) is 1. The summed E-state index contributed by atoms with van der Waals surface area (Å²) in [6.45, 7) is 4.35. The van der Waals surface area contributed by atoms with Gasteiger partial charge in [0.15, 0.2) is 5.75 Å². The number of carbonyl (C=O) groups is 1. The lowest BCUT2D eigenvalue weighted by Gasteiger charge is -2.35. The van der Waals surface area contributed by atoms with Gasteiger partial charge in [-0.1, -0.05) is 0 Å². The third-order valence-electron chi connectivity index (χ3n) is 4.65. The van der Waals surface area contributed by atoms with Crippen molar-refractivity contribution in [1.29, 1.82) is 0 Å². The highest BCUT2D eigenvalue weighted by Crippen LogP contribution is 2.40. The lowest BCUT2D eigenvalue weighted by molar-refractivity contribution is -0.385. The highest BCUT2D eigenvalue weighted by atomic mass is 16.6. The van der Waals surface area contributed by atoms with E-state index >= 15 is 0 Å². The molecule has 1 aliphatic rings. The van der Waals surface area contributed by atoms with E-state index in [1.54, 1.807) is 16.9 Å². The predicted octanol–water partition coefficient (Wildman–Crippen LogP) is 2.29. The fraction of sp³-hybridized carbons (Fsp3) is 0.412. The first kappa shape index (κ1) is 18.5. The van der Waals surface area contributed by atoms with Crippen LogP contribution in [0.15, 0.2) is 24.5 Å². The zero-order valence-electron chi connectivity index (χ0n) is 15.2. The highest BCUT2D eigenvalue weighted by Gasteiger charge is 2.26. The van der Waals surface area contributed by atoms with Crippen molar-refractivity contribution in [3.05, 3.63) is 34.6 Å². The van der Waals surface area contributed by atoms with Gasteiger partial charge in [0, 0.05) is 67.9 Å². The Kier molecular flexibility index (Phi) is 5.15. The van der Waals surface area contributed by atoms with E-state index in [2.05, 4.69) is 5.10 Å². The Morgan fingerprint density at radius 1 is 1.33 bits per heavy atom. The van der Waals surface area contributed by atoms with Crippen molar-refractivity contribution in [3.63, 3.8) is 0 Å². The molecule has 1 aliphatic heterocycles. The quantitative estimate of drug-likeness (QED) is 0.630. The van der Waals surface area contributed by atoms with Crippen molar-refractivity contribution < 1.29 is 19.6 Å². The standard InChI is InChI=1S/C17H21N5O5/c1-3-21-11-12(10-18-21)13-8-15(22(25)26)16(27-2)9-14(13)19-4-6-20(7-5-19)17(23)24/h8-11H,3-7H2,1-2H3,(H,23,24). The summed E-state index contributed by atoms with van der Waals surface area (Å²) in [7, 11) is 1.39. The molecule has 0 saturated carbocycles. The molecule has 0 unspecified atom stereocenters. The molecule has 10 heteroatoms. The Hall–Kier alpha value is -3.30. The monoisotopic (exact) mass is 375 g/mol. The Labute approximate surface area is 155 Å². The second-order valence-corrected chi connectivity index (χ2v) is 6.14. The van der Waals surface area contributed by atoms with Crippen LogP contribution >= 0.6 is 0 Å². The fourth-order valence-electron chi connectivity index (χ4n) is 3.17. The molecule has 0 aliphatic carbocycles. The maximum atomic E-state index is 11.5. The largest absolute Gasteiger partial charge is 0.490 e. The van der Waals surface area contributed by atoms with Gasteiger partial charge in [0.05, 0.1) is 18.2 Å². The molecule has 0 radical (unpaired) electrons. The van der Waals surface area contributed by atoms with Crippen LogP contribution in [-0.2, 0) is 6.54 Å². The minimum Gasteiger partial charge on any atom is -0.490 e. The van der Waals surface area contributed by atoms with Crippen LogP contribution < -0.4 is 9.64 Å². The second-order valence-electron chi connectivity index (χ2n) is 6.14. The summed E-state index contributed by atoms with van der Waals surface area (Å²) in [5, 5.41) is 24.8. The van der Waals surface area contributed by atoms with Crippen LogP contribution in [0.2, 0.25) is 0 Å². The molecule has 0 atom stereocenters. The van der Waals surface area contributed by atoms with Crippen LogP contribution in [0.4, 0.5) is 16.2 Å². The zero-order chi connectivity index (χ0) is 19.6. The smallest absolute Gasteiger partial charge is 0.407 e. The number of nitrogens with zero attached hydrogens (tertiary/aromatic N) is 5. The summed E-state index contributed by atoms with van der Waals surface area (Å²) >= 11 is 0. The number of hydrogen-bond donors (Lipinski definition) is 1. The number of carboxylic acid groups (broad SMARTS) is 1. The number of benzene rings is 1. The van der Waals surface area contributed by atoms with Gasteiger partial charge in [-0.3, -0.25) is 14.8 Å². The van der Waals surface area contributed by atoms with Crippen LogP contribution in [0.25, 0.3) is 11.1 Å². The molecule has 0 spiro atoms. The summed E-state index contributed by atoms with van der Waals surface area (Å²) in [5.74, 6) is 0.169. The number of piperazine rings is 1. The van der Waals surface area contributed by atoms with Gasteiger partial charge in [-0.25, -0.2) is 4.79 Å². The van der Waals surface area contributed by atoms with Crippen LogP contribution in [0, 0.1) is 10.1 Å². The molecule has 1 amide bonds.